The van der Waals surface area contributed by atoms with Crippen LogP contribution in [0.5, 0.6) is 0 Å². The molecule has 0 unspecified atom stereocenters. The maximum atomic E-state index is 11.3. The standard InChI is InChI=1S/C12H16BClO4S/c1-11(2)12(3,4)18-13(17-11)9-6-5-7-10(8-9)19(14,15)16/h5-8H,1-4H3. The highest BCUT2D eigenvalue weighted by atomic mass is 35.7. The number of hydrogen-bond acceptors (Lipinski definition) is 4. The summed E-state index contributed by atoms with van der Waals surface area (Å²) in [4.78, 5) is 0.0429. The van der Waals surface area contributed by atoms with Crippen LogP contribution in [0.3, 0.4) is 0 Å². The Balaban J connectivity index is 2.36. The Hall–Kier alpha value is -0.555. The summed E-state index contributed by atoms with van der Waals surface area (Å²) < 4.78 is 34.4. The van der Waals surface area contributed by atoms with Crippen LogP contribution in [-0.2, 0) is 18.4 Å². The summed E-state index contributed by atoms with van der Waals surface area (Å²) in [7, 11) is 0.994. The van der Waals surface area contributed by atoms with Crippen LogP contribution in [0.25, 0.3) is 0 Å². The van der Waals surface area contributed by atoms with E-state index in [9.17, 15) is 8.42 Å². The summed E-state index contributed by atoms with van der Waals surface area (Å²) in [6.45, 7) is 7.76. The van der Waals surface area contributed by atoms with E-state index in [4.69, 9.17) is 20.0 Å². The molecular formula is C12H16BClO4S. The smallest absolute Gasteiger partial charge is 0.399 e. The molecule has 1 fully saturated rings. The third kappa shape index (κ3) is 2.82. The molecule has 4 nitrogen and oxygen atoms in total. The van der Waals surface area contributed by atoms with Crippen molar-refractivity contribution in [1.82, 2.24) is 0 Å². The number of benzene rings is 1. The molecule has 104 valence electrons. The second kappa shape index (κ2) is 4.48. The van der Waals surface area contributed by atoms with Gasteiger partial charge in [0.1, 0.15) is 0 Å². The molecule has 2 rings (SSSR count). The van der Waals surface area contributed by atoms with E-state index >= 15 is 0 Å². The highest BCUT2D eigenvalue weighted by Gasteiger charge is 2.51. The van der Waals surface area contributed by atoms with E-state index in [0.717, 1.165) is 0 Å². The molecule has 1 saturated heterocycles. The maximum Gasteiger partial charge on any atom is 0.494 e. The van der Waals surface area contributed by atoms with Crippen molar-refractivity contribution >= 4 is 32.3 Å². The van der Waals surface area contributed by atoms with Gasteiger partial charge in [0.25, 0.3) is 9.05 Å². The van der Waals surface area contributed by atoms with Gasteiger partial charge in [-0.15, -0.1) is 0 Å². The summed E-state index contributed by atoms with van der Waals surface area (Å²) in [5, 5.41) is 0. The van der Waals surface area contributed by atoms with Gasteiger partial charge in [0, 0.05) is 10.7 Å². The first-order chi connectivity index (χ1) is 8.53. The fourth-order valence-electron chi connectivity index (χ4n) is 1.79. The quantitative estimate of drug-likeness (QED) is 0.618. The molecule has 1 aromatic carbocycles. The highest BCUT2D eigenvalue weighted by Crippen LogP contribution is 2.36. The van der Waals surface area contributed by atoms with Gasteiger partial charge in [0.2, 0.25) is 0 Å². The zero-order valence-corrected chi connectivity index (χ0v) is 12.9. The van der Waals surface area contributed by atoms with Gasteiger partial charge < -0.3 is 9.31 Å². The number of hydrogen-bond donors (Lipinski definition) is 0. The molecule has 0 N–H and O–H groups in total. The minimum absolute atomic E-state index is 0.0429. The van der Waals surface area contributed by atoms with Gasteiger partial charge in [-0.3, -0.25) is 0 Å². The van der Waals surface area contributed by atoms with Gasteiger partial charge in [-0.25, -0.2) is 8.42 Å². The Morgan fingerprint density at radius 1 is 1.11 bits per heavy atom. The monoisotopic (exact) mass is 302 g/mol. The Labute approximate surface area is 118 Å². The molecule has 0 bridgehead atoms. The van der Waals surface area contributed by atoms with Gasteiger partial charge in [-0.1, -0.05) is 12.1 Å². The normalized spacial score (nSPS) is 21.6. The van der Waals surface area contributed by atoms with Crippen LogP contribution in [0.1, 0.15) is 27.7 Å². The fraction of sp³-hybridized carbons (Fsp3) is 0.500. The second-order valence-electron chi connectivity index (χ2n) is 5.60. The minimum Gasteiger partial charge on any atom is -0.399 e. The summed E-state index contributed by atoms with van der Waals surface area (Å²) >= 11 is 0. The molecule has 0 radical (unpaired) electrons. The van der Waals surface area contributed by atoms with Crippen molar-refractivity contribution in [3.8, 4) is 0 Å². The Morgan fingerprint density at radius 3 is 2.11 bits per heavy atom. The van der Waals surface area contributed by atoms with E-state index in [1.54, 1.807) is 12.1 Å². The van der Waals surface area contributed by atoms with Gasteiger partial charge in [-0.2, -0.15) is 0 Å². The van der Waals surface area contributed by atoms with Crippen LogP contribution in [-0.4, -0.2) is 26.7 Å². The first kappa shape index (κ1) is 14.8. The zero-order chi connectivity index (χ0) is 14.5. The lowest BCUT2D eigenvalue weighted by atomic mass is 9.79. The molecule has 0 aliphatic carbocycles. The number of rotatable bonds is 2. The Morgan fingerprint density at radius 2 is 1.63 bits per heavy atom. The van der Waals surface area contributed by atoms with Crippen molar-refractivity contribution in [3.05, 3.63) is 24.3 Å². The van der Waals surface area contributed by atoms with Crippen LogP contribution in [0.4, 0.5) is 0 Å². The Kier molecular flexibility index (Phi) is 3.50. The molecule has 0 amide bonds. The highest BCUT2D eigenvalue weighted by molar-refractivity contribution is 8.13. The SMILES string of the molecule is CC1(C)OB(c2cccc(S(=O)(=O)Cl)c2)OC1(C)C. The zero-order valence-electron chi connectivity index (χ0n) is 11.3. The molecular weight excluding hydrogens is 286 g/mol. The molecule has 19 heavy (non-hydrogen) atoms. The van der Waals surface area contributed by atoms with Gasteiger partial charge >= 0.3 is 7.12 Å². The average molecular weight is 303 g/mol. The molecule has 1 aliphatic rings. The fourth-order valence-corrected chi connectivity index (χ4v) is 2.60. The van der Waals surface area contributed by atoms with Crippen molar-refractivity contribution in [2.45, 2.75) is 43.8 Å². The molecule has 0 spiro atoms. The molecule has 0 atom stereocenters. The van der Waals surface area contributed by atoms with Crippen molar-refractivity contribution in [2.24, 2.45) is 0 Å². The van der Waals surface area contributed by atoms with Crippen molar-refractivity contribution in [2.75, 3.05) is 0 Å². The van der Waals surface area contributed by atoms with Crippen molar-refractivity contribution in [3.63, 3.8) is 0 Å². The summed E-state index contributed by atoms with van der Waals surface area (Å²) in [5.41, 5.74) is -0.290. The van der Waals surface area contributed by atoms with Crippen LogP contribution in [0.15, 0.2) is 29.2 Å². The largest absolute Gasteiger partial charge is 0.494 e. The van der Waals surface area contributed by atoms with E-state index in [2.05, 4.69) is 0 Å². The predicted octanol–water partition coefficient (Wildman–Crippen LogP) is 1.91. The van der Waals surface area contributed by atoms with Gasteiger partial charge in [0.15, 0.2) is 0 Å². The third-order valence-corrected chi connectivity index (χ3v) is 5.02. The van der Waals surface area contributed by atoms with Crippen molar-refractivity contribution in [1.29, 1.82) is 0 Å². The summed E-state index contributed by atoms with van der Waals surface area (Å²) in [6.07, 6.45) is 0. The van der Waals surface area contributed by atoms with Crippen LogP contribution < -0.4 is 5.46 Å². The van der Waals surface area contributed by atoms with Crippen LogP contribution >= 0.6 is 10.7 Å². The first-order valence-electron chi connectivity index (χ1n) is 5.93. The van der Waals surface area contributed by atoms with Gasteiger partial charge in [-0.05, 0) is 45.3 Å². The maximum absolute atomic E-state index is 11.3. The topological polar surface area (TPSA) is 52.6 Å². The Bertz CT molecular complexity index is 582. The molecule has 0 saturated carbocycles. The number of halogens is 1. The lowest BCUT2D eigenvalue weighted by Gasteiger charge is -2.32. The van der Waals surface area contributed by atoms with E-state index in [-0.39, 0.29) is 4.90 Å². The van der Waals surface area contributed by atoms with E-state index in [1.165, 1.54) is 12.1 Å². The average Bonchev–Trinajstić information content (AvgIpc) is 2.47. The molecule has 1 aromatic rings. The second-order valence-corrected chi connectivity index (χ2v) is 8.16. The van der Waals surface area contributed by atoms with E-state index < -0.39 is 27.4 Å². The molecule has 0 aromatic heterocycles. The molecule has 7 heteroatoms. The predicted molar refractivity (Wildman–Crippen MR) is 75.2 cm³/mol. The molecule has 1 aliphatic heterocycles. The summed E-state index contributed by atoms with van der Waals surface area (Å²) in [5.74, 6) is 0. The minimum atomic E-state index is -3.75. The lowest BCUT2D eigenvalue weighted by molar-refractivity contribution is 0.00578. The van der Waals surface area contributed by atoms with Gasteiger partial charge in [0.05, 0.1) is 16.1 Å². The molecule has 1 heterocycles. The van der Waals surface area contributed by atoms with E-state index in [0.29, 0.717) is 5.46 Å². The van der Waals surface area contributed by atoms with Crippen molar-refractivity contribution < 1.29 is 17.7 Å². The third-order valence-electron chi connectivity index (χ3n) is 3.67. The van der Waals surface area contributed by atoms with Crippen LogP contribution in [0.2, 0.25) is 0 Å². The van der Waals surface area contributed by atoms with Crippen LogP contribution in [0, 0.1) is 0 Å². The summed E-state index contributed by atoms with van der Waals surface area (Å²) in [6, 6.07) is 6.30. The van der Waals surface area contributed by atoms with E-state index in [1.807, 2.05) is 27.7 Å². The lowest BCUT2D eigenvalue weighted by Crippen LogP contribution is -2.41. The first-order valence-corrected chi connectivity index (χ1v) is 8.24.